The van der Waals surface area contributed by atoms with Gasteiger partial charge in [-0.3, -0.25) is 4.79 Å². The molecule has 3 N–H and O–H groups in total. The third kappa shape index (κ3) is 4.08. The van der Waals surface area contributed by atoms with Crippen molar-refractivity contribution >= 4 is 5.97 Å². The van der Waals surface area contributed by atoms with Crippen LogP contribution in [0.25, 0.3) is 0 Å². The molecular weight excluding hydrogens is 232 g/mol. The molecule has 0 saturated heterocycles. The topological polar surface area (TPSA) is 69.6 Å². The molecule has 0 fully saturated rings. The number of nitrogens with one attached hydrogen (secondary N) is 1. The quantitative estimate of drug-likeness (QED) is 0.725. The van der Waals surface area contributed by atoms with Gasteiger partial charge in [-0.15, -0.1) is 0 Å². The van der Waals surface area contributed by atoms with E-state index in [-0.39, 0.29) is 12.1 Å². The summed E-state index contributed by atoms with van der Waals surface area (Å²) in [5.74, 6) is -2.64. The highest BCUT2D eigenvalue weighted by Crippen LogP contribution is 2.15. The van der Waals surface area contributed by atoms with Crippen molar-refractivity contribution in [1.82, 2.24) is 5.32 Å². The number of benzene rings is 1. The fourth-order valence-electron chi connectivity index (χ4n) is 1.26. The molecule has 4 nitrogen and oxygen atoms in total. The lowest BCUT2D eigenvalue weighted by atomic mass is 10.1. The van der Waals surface area contributed by atoms with Crippen LogP contribution in [-0.4, -0.2) is 28.8 Å². The maximum absolute atomic E-state index is 12.8. The second-order valence-electron chi connectivity index (χ2n) is 3.69. The van der Waals surface area contributed by atoms with Crippen LogP contribution in [0.15, 0.2) is 18.2 Å². The van der Waals surface area contributed by atoms with E-state index >= 15 is 0 Å². The van der Waals surface area contributed by atoms with E-state index in [2.05, 4.69) is 5.32 Å². The summed E-state index contributed by atoms with van der Waals surface area (Å²) in [4.78, 5) is 10.5. The summed E-state index contributed by atoms with van der Waals surface area (Å²) in [6.45, 7) is 1.30. The number of hydrogen-bond donors (Lipinski definition) is 3. The van der Waals surface area contributed by atoms with Crippen molar-refractivity contribution in [2.75, 3.05) is 6.54 Å². The molecule has 0 spiro atoms. The zero-order chi connectivity index (χ0) is 13.0. The van der Waals surface area contributed by atoms with Crippen molar-refractivity contribution in [1.29, 1.82) is 0 Å². The van der Waals surface area contributed by atoms with E-state index in [1.54, 1.807) is 0 Å². The SMILES string of the molecule is C[C@H](NC[C@@H](O)c1cc(F)cc(F)c1)C(=O)O. The molecule has 0 bridgehead atoms. The third-order valence-corrected chi connectivity index (χ3v) is 2.26. The van der Waals surface area contributed by atoms with Gasteiger partial charge < -0.3 is 15.5 Å². The van der Waals surface area contributed by atoms with Crippen molar-refractivity contribution in [3.8, 4) is 0 Å². The van der Waals surface area contributed by atoms with E-state index in [4.69, 9.17) is 5.11 Å². The van der Waals surface area contributed by atoms with Gasteiger partial charge in [-0.05, 0) is 24.6 Å². The number of hydrogen-bond acceptors (Lipinski definition) is 3. The predicted octanol–water partition coefficient (Wildman–Crippen LogP) is 1.06. The van der Waals surface area contributed by atoms with Gasteiger partial charge in [0, 0.05) is 12.6 Å². The van der Waals surface area contributed by atoms with Crippen LogP contribution in [0.1, 0.15) is 18.6 Å². The molecule has 0 aliphatic rings. The molecule has 6 heteroatoms. The Labute approximate surface area is 96.9 Å². The number of carboxylic acid groups (broad SMARTS) is 1. The van der Waals surface area contributed by atoms with Crippen molar-refractivity contribution in [2.24, 2.45) is 0 Å². The van der Waals surface area contributed by atoms with Gasteiger partial charge in [-0.1, -0.05) is 0 Å². The average molecular weight is 245 g/mol. The summed E-state index contributed by atoms with van der Waals surface area (Å²) in [6, 6.07) is 1.86. The smallest absolute Gasteiger partial charge is 0.320 e. The first-order valence-electron chi connectivity index (χ1n) is 5.00. The van der Waals surface area contributed by atoms with E-state index < -0.39 is 29.7 Å². The molecule has 0 radical (unpaired) electrons. The molecule has 0 heterocycles. The standard InChI is InChI=1S/C11H13F2NO3/c1-6(11(16)17)14-5-10(15)7-2-8(12)4-9(13)3-7/h2-4,6,10,14-15H,5H2,1H3,(H,16,17)/t6-,10+/m0/s1. The van der Waals surface area contributed by atoms with Crippen LogP contribution in [-0.2, 0) is 4.79 Å². The van der Waals surface area contributed by atoms with Crippen LogP contribution >= 0.6 is 0 Å². The molecule has 2 atom stereocenters. The van der Waals surface area contributed by atoms with Gasteiger partial charge in [0.1, 0.15) is 17.7 Å². The molecule has 1 rings (SSSR count). The van der Waals surface area contributed by atoms with Gasteiger partial charge in [0.25, 0.3) is 0 Å². The Bertz CT molecular complexity index is 391. The first-order chi connectivity index (χ1) is 7.90. The summed E-state index contributed by atoms with van der Waals surface area (Å²) in [5.41, 5.74) is 0.0626. The van der Waals surface area contributed by atoms with Crippen LogP contribution in [0.5, 0.6) is 0 Å². The Morgan fingerprint density at radius 3 is 2.35 bits per heavy atom. The van der Waals surface area contributed by atoms with Gasteiger partial charge in [-0.25, -0.2) is 8.78 Å². The minimum atomic E-state index is -1.16. The predicted molar refractivity (Wildman–Crippen MR) is 56.4 cm³/mol. The lowest BCUT2D eigenvalue weighted by Crippen LogP contribution is -2.36. The van der Waals surface area contributed by atoms with E-state index in [1.807, 2.05) is 0 Å². The molecule has 94 valence electrons. The number of aliphatic hydroxyl groups excluding tert-OH is 1. The molecule has 0 amide bonds. The van der Waals surface area contributed by atoms with Crippen LogP contribution in [0, 0.1) is 11.6 Å². The number of aliphatic hydroxyl groups is 1. The minimum absolute atomic E-state index is 0.0626. The molecular formula is C11H13F2NO3. The highest BCUT2D eigenvalue weighted by molar-refractivity contribution is 5.72. The Hall–Kier alpha value is -1.53. The number of aliphatic carboxylic acids is 1. The molecule has 17 heavy (non-hydrogen) atoms. The zero-order valence-electron chi connectivity index (χ0n) is 9.15. The Balaban J connectivity index is 2.63. The second kappa shape index (κ2) is 5.70. The molecule has 1 aromatic carbocycles. The van der Waals surface area contributed by atoms with Gasteiger partial charge in [-0.2, -0.15) is 0 Å². The monoisotopic (exact) mass is 245 g/mol. The molecule has 0 aliphatic carbocycles. The van der Waals surface area contributed by atoms with Crippen LogP contribution in [0.2, 0.25) is 0 Å². The van der Waals surface area contributed by atoms with E-state index in [9.17, 15) is 18.7 Å². The van der Waals surface area contributed by atoms with Gasteiger partial charge in [0.05, 0.1) is 6.10 Å². The van der Waals surface area contributed by atoms with E-state index in [1.165, 1.54) is 6.92 Å². The maximum Gasteiger partial charge on any atom is 0.320 e. The number of halogens is 2. The lowest BCUT2D eigenvalue weighted by Gasteiger charge is -2.14. The summed E-state index contributed by atoms with van der Waals surface area (Å²) >= 11 is 0. The molecule has 0 unspecified atom stereocenters. The van der Waals surface area contributed by atoms with E-state index in [0.29, 0.717) is 6.07 Å². The molecule has 0 aromatic heterocycles. The lowest BCUT2D eigenvalue weighted by molar-refractivity contribution is -0.139. The third-order valence-electron chi connectivity index (χ3n) is 2.26. The minimum Gasteiger partial charge on any atom is -0.480 e. The fourth-order valence-corrected chi connectivity index (χ4v) is 1.26. The van der Waals surface area contributed by atoms with Crippen molar-refractivity contribution in [2.45, 2.75) is 19.1 Å². The van der Waals surface area contributed by atoms with Gasteiger partial charge in [0.15, 0.2) is 0 Å². The second-order valence-corrected chi connectivity index (χ2v) is 3.69. The van der Waals surface area contributed by atoms with Crippen LogP contribution in [0.4, 0.5) is 8.78 Å². The zero-order valence-corrected chi connectivity index (χ0v) is 9.15. The Kier molecular flexibility index (Phi) is 4.53. The fraction of sp³-hybridized carbons (Fsp3) is 0.364. The largest absolute Gasteiger partial charge is 0.480 e. The highest BCUT2D eigenvalue weighted by atomic mass is 19.1. The molecule has 0 aliphatic heterocycles. The van der Waals surface area contributed by atoms with Crippen molar-refractivity contribution in [3.05, 3.63) is 35.4 Å². The van der Waals surface area contributed by atoms with Crippen molar-refractivity contribution in [3.63, 3.8) is 0 Å². The molecule has 1 aromatic rings. The first kappa shape index (κ1) is 13.5. The van der Waals surface area contributed by atoms with Crippen LogP contribution < -0.4 is 5.32 Å². The molecule has 0 saturated carbocycles. The first-order valence-corrected chi connectivity index (χ1v) is 5.00. The Morgan fingerprint density at radius 2 is 1.88 bits per heavy atom. The van der Waals surface area contributed by atoms with E-state index in [0.717, 1.165) is 12.1 Å². The number of carboxylic acids is 1. The number of carbonyl (C=O) groups is 1. The summed E-state index contributed by atoms with van der Waals surface area (Å²) < 4.78 is 25.7. The maximum atomic E-state index is 12.8. The summed E-state index contributed by atoms with van der Waals surface area (Å²) in [6.07, 6.45) is -1.16. The van der Waals surface area contributed by atoms with Crippen molar-refractivity contribution < 1.29 is 23.8 Å². The summed E-state index contributed by atoms with van der Waals surface area (Å²) in [7, 11) is 0. The Morgan fingerprint density at radius 1 is 1.35 bits per heavy atom. The van der Waals surface area contributed by atoms with Gasteiger partial charge in [0.2, 0.25) is 0 Å². The average Bonchev–Trinajstić information content (AvgIpc) is 2.23. The summed E-state index contributed by atoms with van der Waals surface area (Å²) in [5, 5.41) is 20.7. The normalized spacial score (nSPS) is 14.4. The number of rotatable bonds is 5. The van der Waals surface area contributed by atoms with Gasteiger partial charge >= 0.3 is 5.97 Å². The van der Waals surface area contributed by atoms with Crippen LogP contribution in [0.3, 0.4) is 0 Å². The highest BCUT2D eigenvalue weighted by Gasteiger charge is 2.14.